The molecule has 2 aromatic rings. The van der Waals surface area contributed by atoms with Gasteiger partial charge >= 0.3 is 0 Å². The molecule has 0 aliphatic heterocycles. The number of nitrogens with two attached hydrogens (primary N) is 1. The van der Waals surface area contributed by atoms with E-state index in [4.69, 9.17) is 15.3 Å². The maximum atomic E-state index is 5.82. The van der Waals surface area contributed by atoms with Gasteiger partial charge in [0, 0.05) is 11.0 Å². The molecule has 0 atom stereocenters. The fraction of sp³-hybridized carbons (Fsp3) is 0.154. The largest absolute Gasteiger partial charge is 0.480 e. The van der Waals surface area contributed by atoms with E-state index < -0.39 is 0 Å². The molecule has 21 heavy (non-hydrogen) atoms. The van der Waals surface area contributed by atoms with E-state index >= 15 is 0 Å². The van der Waals surface area contributed by atoms with Crippen molar-refractivity contribution in [2.45, 2.75) is 0 Å². The second-order valence-corrected chi connectivity index (χ2v) is 5.49. The summed E-state index contributed by atoms with van der Waals surface area (Å²) in [6, 6.07) is 3.49. The van der Waals surface area contributed by atoms with E-state index in [-0.39, 0.29) is 12.4 Å². The number of ether oxygens (including phenoxy) is 1. The average molecular weight is 369 g/mol. The Kier molecular flexibility index (Phi) is 5.29. The van der Waals surface area contributed by atoms with Crippen molar-refractivity contribution < 1.29 is 9.57 Å². The molecule has 2 rings (SSSR count). The lowest BCUT2D eigenvalue weighted by Gasteiger charge is -2.05. The number of hydrogen-bond acceptors (Lipinski definition) is 6. The third kappa shape index (κ3) is 4.02. The Labute approximate surface area is 134 Å². The molecular formula is C13H13BrN4O2S. The predicted octanol–water partition coefficient (Wildman–Crippen LogP) is 2.66. The Balaban J connectivity index is 1.99. The highest BCUT2D eigenvalue weighted by molar-refractivity contribution is 9.10. The zero-order valence-electron chi connectivity index (χ0n) is 11.2. The minimum Gasteiger partial charge on any atom is -0.480 e. The lowest BCUT2D eigenvalue weighted by Crippen LogP contribution is -2.16. The van der Waals surface area contributed by atoms with Crippen molar-refractivity contribution in [2.24, 2.45) is 10.9 Å². The summed E-state index contributed by atoms with van der Waals surface area (Å²) in [5.41, 5.74) is 9.54. The minimum absolute atomic E-state index is 0.159. The Hall–Kier alpha value is -1.93. The van der Waals surface area contributed by atoms with Crippen molar-refractivity contribution in [1.82, 2.24) is 9.97 Å². The first kappa shape index (κ1) is 15.5. The van der Waals surface area contributed by atoms with Crippen LogP contribution >= 0.6 is 27.3 Å². The number of hydrogen-bond donors (Lipinski definition) is 1. The predicted molar refractivity (Wildman–Crippen MR) is 86.3 cm³/mol. The van der Waals surface area contributed by atoms with Gasteiger partial charge in [-0.15, -0.1) is 11.3 Å². The van der Waals surface area contributed by atoms with E-state index in [0.29, 0.717) is 11.6 Å². The van der Waals surface area contributed by atoms with Gasteiger partial charge in [0.25, 0.3) is 0 Å². The smallest absolute Gasteiger partial charge is 0.228 e. The van der Waals surface area contributed by atoms with Gasteiger partial charge in [-0.25, -0.2) is 9.97 Å². The van der Waals surface area contributed by atoms with Crippen LogP contribution in [0.5, 0.6) is 5.88 Å². The molecule has 0 saturated heterocycles. The summed E-state index contributed by atoms with van der Waals surface area (Å²) >= 11 is 4.81. The second-order valence-electron chi connectivity index (χ2n) is 3.91. The monoisotopic (exact) mass is 368 g/mol. The quantitative estimate of drug-likeness (QED) is 0.481. The number of oxime groups is 1. The van der Waals surface area contributed by atoms with Gasteiger partial charge in [0.05, 0.1) is 22.8 Å². The molecule has 0 aromatic carbocycles. The third-order valence-corrected chi connectivity index (χ3v) is 3.66. The van der Waals surface area contributed by atoms with Gasteiger partial charge in [0.15, 0.2) is 5.84 Å². The van der Waals surface area contributed by atoms with Gasteiger partial charge in [-0.05, 0) is 28.1 Å². The van der Waals surface area contributed by atoms with Gasteiger partial charge in [0.1, 0.15) is 12.3 Å². The van der Waals surface area contributed by atoms with Crippen molar-refractivity contribution in [3.8, 4) is 5.88 Å². The van der Waals surface area contributed by atoms with Crippen LogP contribution in [-0.2, 0) is 4.84 Å². The Bertz CT molecular complexity index is 658. The normalized spacial score (nSPS) is 11.2. The lowest BCUT2D eigenvalue weighted by atomic mass is 10.2. The Morgan fingerprint density at radius 1 is 1.48 bits per heavy atom. The number of pyridine rings is 1. The maximum absolute atomic E-state index is 5.82. The minimum atomic E-state index is 0.159. The van der Waals surface area contributed by atoms with E-state index in [0.717, 1.165) is 15.7 Å². The van der Waals surface area contributed by atoms with Crippen molar-refractivity contribution in [1.29, 1.82) is 0 Å². The first-order valence-corrected chi connectivity index (χ1v) is 7.58. The molecule has 110 valence electrons. The van der Waals surface area contributed by atoms with Crippen molar-refractivity contribution >= 4 is 38.7 Å². The van der Waals surface area contributed by atoms with Crippen LogP contribution in [0.3, 0.4) is 0 Å². The van der Waals surface area contributed by atoms with Crippen molar-refractivity contribution in [3.63, 3.8) is 0 Å². The average Bonchev–Trinajstić information content (AvgIpc) is 3.01. The van der Waals surface area contributed by atoms with Gasteiger partial charge in [-0.1, -0.05) is 11.7 Å². The molecule has 0 amide bonds. The molecule has 2 N–H and O–H groups in total. The van der Waals surface area contributed by atoms with Gasteiger partial charge in [-0.3, -0.25) is 0 Å². The molecule has 0 spiro atoms. The molecule has 0 bridgehead atoms. The topological polar surface area (TPSA) is 82.6 Å². The molecule has 0 radical (unpaired) electrons. The molecular weight excluding hydrogens is 356 g/mol. The number of methoxy groups -OCH3 is 1. The zero-order chi connectivity index (χ0) is 15.2. The molecule has 6 nitrogen and oxygen atoms in total. The molecule has 2 aromatic heterocycles. The molecule has 0 aliphatic rings. The van der Waals surface area contributed by atoms with Crippen LogP contribution in [0, 0.1) is 0 Å². The fourth-order valence-corrected chi connectivity index (χ4v) is 2.37. The number of rotatable bonds is 6. The highest BCUT2D eigenvalue weighted by atomic mass is 79.9. The molecule has 0 unspecified atom stereocenters. The van der Waals surface area contributed by atoms with Crippen LogP contribution in [0.2, 0.25) is 0 Å². The number of amidine groups is 1. The van der Waals surface area contributed by atoms with Crippen molar-refractivity contribution in [3.05, 3.63) is 45.5 Å². The first-order chi connectivity index (χ1) is 10.1. The van der Waals surface area contributed by atoms with Crippen LogP contribution in [0.1, 0.15) is 11.4 Å². The fourth-order valence-electron chi connectivity index (χ4n) is 1.40. The van der Waals surface area contributed by atoms with Crippen LogP contribution in [0.25, 0.3) is 5.57 Å². The molecule has 0 saturated carbocycles. The highest BCUT2D eigenvalue weighted by Crippen LogP contribution is 2.21. The first-order valence-electron chi connectivity index (χ1n) is 5.84. The highest BCUT2D eigenvalue weighted by Gasteiger charge is 2.07. The molecule has 8 heteroatoms. The van der Waals surface area contributed by atoms with Gasteiger partial charge < -0.3 is 15.3 Å². The third-order valence-electron chi connectivity index (χ3n) is 2.47. The van der Waals surface area contributed by atoms with Crippen molar-refractivity contribution in [2.75, 3.05) is 13.7 Å². The van der Waals surface area contributed by atoms with Gasteiger partial charge in [0.2, 0.25) is 5.88 Å². The van der Waals surface area contributed by atoms with E-state index in [2.05, 4.69) is 37.6 Å². The van der Waals surface area contributed by atoms with Crippen LogP contribution in [0.4, 0.5) is 0 Å². The summed E-state index contributed by atoms with van der Waals surface area (Å²) in [5, 5.41) is 5.71. The van der Waals surface area contributed by atoms with E-state index in [1.165, 1.54) is 18.4 Å². The molecule has 0 fully saturated rings. The SMILES string of the molecule is C=C(CO/N=C(\N)c1ccc(Br)c(OC)n1)c1cscn1. The summed E-state index contributed by atoms with van der Waals surface area (Å²) in [6.45, 7) is 4.08. The van der Waals surface area contributed by atoms with Gasteiger partial charge in [-0.2, -0.15) is 0 Å². The maximum Gasteiger partial charge on any atom is 0.228 e. The lowest BCUT2D eigenvalue weighted by molar-refractivity contribution is 0.179. The summed E-state index contributed by atoms with van der Waals surface area (Å²) in [6.07, 6.45) is 0. The zero-order valence-corrected chi connectivity index (χ0v) is 13.6. The summed E-state index contributed by atoms with van der Waals surface area (Å²) < 4.78 is 5.83. The second kappa shape index (κ2) is 7.19. The number of thiazole rings is 1. The van der Waals surface area contributed by atoms with Crippen LogP contribution in [-0.4, -0.2) is 29.5 Å². The Morgan fingerprint density at radius 2 is 2.29 bits per heavy atom. The Morgan fingerprint density at radius 3 is 2.95 bits per heavy atom. The standard InChI is InChI=1S/C13H13BrN4O2S/c1-8(11-6-21-7-16-11)5-20-18-12(15)10-4-3-9(14)13(17-10)19-2/h3-4,6-7H,1,5H2,2H3,(H2,15,18). The number of aromatic nitrogens is 2. The van der Waals surface area contributed by atoms with E-state index in [1.54, 1.807) is 17.6 Å². The number of halogens is 1. The summed E-state index contributed by atoms with van der Waals surface area (Å²) in [7, 11) is 1.53. The summed E-state index contributed by atoms with van der Waals surface area (Å²) in [4.78, 5) is 13.5. The van der Waals surface area contributed by atoms with E-state index in [9.17, 15) is 0 Å². The number of nitrogens with zero attached hydrogens (tertiary/aromatic N) is 3. The van der Waals surface area contributed by atoms with Crippen LogP contribution < -0.4 is 10.5 Å². The summed E-state index contributed by atoms with van der Waals surface area (Å²) in [5.74, 6) is 0.587. The molecule has 0 aliphatic carbocycles. The van der Waals surface area contributed by atoms with E-state index in [1.807, 2.05) is 5.38 Å². The molecule has 2 heterocycles. The van der Waals surface area contributed by atoms with Crippen LogP contribution in [0.15, 0.2) is 39.2 Å².